The van der Waals surface area contributed by atoms with E-state index in [4.69, 9.17) is 23.2 Å². The molecule has 5 nitrogen and oxygen atoms in total. The summed E-state index contributed by atoms with van der Waals surface area (Å²) in [6, 6.07) is 10.2. The van der Waals surface area contributed by atoms with Crippen LogP contribution < -0.4 is 5.32 Å². The zero-order chi connectivity index (χ0) is 18.5. The maximum absolute atomic E-state index is 12.4. The van der Waals surface area contributed by atoms with Crippen LogP contribution in [-0.4, -0.2) is 41.3 Å². The highest BCUT2D eigenvalue weighted by Crippen LogP contribution is 2.21. The molecule has 1 fully saturated rings. The number of nitrogens with zero attached hydrogens (tertiary/aromatic N) is 2. The summed E-state index contributed by atoms with van der Waals surface area (Å²) in [6.45, 7) is 1.91. The monoisotopic (exact) mass is 391 g/mol. The lowest BCUT2D eigenvalue weighted by Crippen LogP contribution is -2.30. The first kappa shape index (κ1) is 18.7. The van der Waals surface area contributed by atoms with Gasteiger partial charge in [-0.05, 0) is 49.1 Å². The number of likely N-dealkylation sites (tertiary alicyclic amines) is 1. The molecule has 0 spiro atoms. The highest BCUT2D eigenvalue weighted by Gasteiger charge is 2.21. The number of carbonyl (C=O) groups excluding carboxylic acids is 2. The molecule has 0 unspecified atom stereocenters. The van der Waals surface area contributed by atoms with E-state index in [0.717, 1.165) is 31.5 Å². The van der Waals surface area contributed by atoms with Crippen LogP contribution in [0, 0.1) is 0 Å². The van der Waals surface area contributed by atoms with Gasteiger partial charge in [0.15, 0.2) is 0 Å². The van der Waals surface area contributed by atoms with E-state index in [0.29, 0.717) is 28.7 Å². The fourth-order valence-corrected chi connectivity index (χ4v) is 3.39. The number of amides is 2. The molecule has 136 valence electrons. The van der Waals surface area contributed by atoms with Crippen molar-refractivity contribution < 1.29 is 9.59 Å². The Labute approximate surface area is 162 Å². The van der Waals surface area contributed by atoms with Crippen molar-refractivity contribution >= 4 is 35.0 Å². The molecule has 2 heterocycles. The molecule has 2 aromatic rings. The molecule has 3 rings (SSSR count). The normalized spacial score (nSPS) is 13.7. The van der Waals surface area contributed by atoms with E-state index in [1.54, 1.807) is 35.2 Å². The van der Waals surface area contributed by atoms with Crippen molar-refractivity contribution in [1.82, 2.24) is 15.2 Å². The second kappa shape index (κ2) is 8.52. The number of carbonyl (C=O) groups is 2. The molecule has 0 bridgehead atoms. The highest BCUT2D eigenvalue weighted by molar-refractivity contribution is 6.35. The summed E-state index contributed by atoms with van der Waals surface area (Å²) in [4.78, 5) is 30.7. The van der Waals surface area contributed by atoms with Crippen LogP contribution in [0.25, 0.3) is 0 Å². The first-order chi connectivity index (χ1) is 12.5. The molecule has 1 aromatic heterocycles. The van der Waals surface area contributed by atoms with Crippen LogP contribution in [0.3, 0.4) is 0 Å². The summed E-state index contributed by atoms with van der Waals surface area (Å²) in [5, 5.41) is 3.95. The molecule has 0 aliphatic carbocycles. The number of hydrogen-bond donors (Lipinski definition) is 1. The average molecular weight is 392 g/mol. The lowest BCUT2D eigenvalue weighted by atomic mass is 10.1. The van der Waals surface area contributed by atoms with Crippen LogP contribution in [0.15, 0.2) is 36.4 Å². The molecular formula is C19H19Cl2N3O2. The van der Waals surface area contributed by atoms with Gasteiger partial charge in [0.2, 0.25) is 0 Å². The molecular weight excluding hydrogens is 373 g/mol. The van der Waals surface area contributed by atoms with E-state index in [2.05, 4.69) is 10.3 Å². The smallest absolute Gasteiger partial charge is 0.272 e. The van der Waals surface area contributed by atoms with Gasteiger partial charge in [-0.25, -0.2) is 4.98 Å². The predicted molar refractivity (Wildman–Crippen MR) is 102 cm³/mol. The number of halogens is 2. The van der Waals surface area contributed by atoms with Crippen molar-refractivity contribution in [3.63, 3.8) is 0 Å². The van der Waals surface area contributed by atoms with E-state index in [9.17, 15) is 9.59 Å². The standard InChI is InChI=1S/C19H19Cl2N3O2/c20-14-7-6-13(15(21)12-14)8-9-22-18(25)16-4-3-5-17(23-16)19(26)24-10-1-2-11-24/h3-7,12H,1-2,8-11H2,(H,22,25). The molecule has 26 heavy (non-hydrogen) atoms. The van der Waals surface area contributed by atoms with E-state index in [1.165, 1.54) is 0 Å². The first-order valence-electron chi connectivity index (χ1n) is 8.53. The Morgan fingerprint density at radius 2 is 1.81 bits per heavy atom. The molecule has 1 aliphatic heterocycles. The van der Waals surface area contributed by atoms with Crippen molar-refractivity contribution in [2.75, 3.05) is 19.6 Å². The van der Waals surface area contributed by atoms with Crippen LogP contribution >= 0.6 is 23.2 Å². The van der Waals surface area contributed by atoms with Gasteiger partial charge in [0, 0.05) is 29.7 Å². The zero-order valence-corrected chi connectivity index (χ0v) is 15.7. The highest BCUT2D eigenvalue weighted by atomic mass is 35.5. The van der Waals surface area contributed by atoms with E-state index >= 15 is 0 Å². The Hall–Kier alpha value is -2.11. The first-order valence-corrected chi connectivity index (χ1v) is 9.28. The molecule has 1 saturated heterocycles. The Morgan fingerprint density at radius 1 is 1.08 bits per heavy atom. The molecule has 7 heteroatoms. The minimum Gasteiger partial charge on any atom is -0.350 e. The Balaban J connectivity index is 1.59. The summed E-state index contributed by atoms with van der Waals surface area (Å²) in [6.07, 6.45) is 2.60. The SMILES string of the molecule is O=C(NCCc1ccc(Cl)cc1Cl)c1cccc(C(=O)N2CCCC2)n1. The van der Waals surface area contributed by atoms with Gasteiger partial charge in [0.1, 0.15) is 11.4 Å². The number of pyridine rings is 1. The van der Waals surface area contributed by atoms with Gasteiger partial charge in [-0.1, -0.05) is 35.3 Å². The topological polar surface area (TPSA) is 62.3 Å². The number of hydrogen-bond acceptors (Lipinski definition) is 3. The van der Waals surface area contributed by atoms with Crippen molar-refractivity contribution in [2.45, 2.75) is 19.3 Å². The minimum absolute atomic E-state index is 0.120. The van der Waals surface area contributed by atoms with Gasteiger partial charge >= 0.3 is 0 Å². The maximum Gasteiger partial charge on any atom is 0.272 e. The fraction of sp³-hybridized carbons (Fsp3) is 0.316. The number of nitrogens with one attached hydrogen (secondary N) is 1. The predicted octanol–water partition coefficient (Wildman–Crippen LogP) is 3.60. The summed E-state index contributed by atoms with van der Waals surface area (Å²) < 4.78 is 0. The summed E-state index contributed by atoms with van der Waals surface area (Å²) in [7, 11) is 0. The molecule has 1 N–H and O–H groups in total. The largest absolute Gasteiger partial charge is 0.350 e. The number of benzene rings is 1. The van der Waals surface area contributed by atoms with Crippen LogP contribution in [-0.2, 0) is 6.42 Å². The second-order valence-corrected chi connectivity index (χ2v) is 6.99. The molecule has 1 aliphatic rings. The lowest BCUT2D eigenvalue weighted by molar-refractivity contribution is 0.0787. The Morgan fingerprint density at radius 3 is 2.54 bits per heavy atom. The third-order valence-corrected chi connectivity index (χ3v) is 4.88. The van der Waals surface area contributed by atoms with Crippen molar-refractivity contribution in [2.24, 2.45) is 0 Å². The van der Waals surface area contributed by atoms with Gasteiger partial charge in [-0.15, -0.1) is 0 Å². The molecule has 0 radical (unpaired) electrons. The minimum atomic E-state index is -0.314. The van der Waals surface area contributed by atoms with Crippen molar-refractivity contribution in [3.05, 3.63) is 63.4 Å². The third kappa shape index (κ3) is 4.54. The van der Waals surface area contributed by atoms with Gasteiger partial charge in [0.25, 0.3) is 11.8 Å². The molecule has 1 aromatic carbocycles. The molecule has 0 atom stereocenters. The van der Waals surface area contributed by atoms with Gasteiger partial charge in [-0.3, -0.25) is 9.59 Å². The Kier molecular flexibility index (Phi) is 6.12. The summed E-state index contributed by atoms with van der Waals surface area (Å²) in [5.74, 6) is -0.434. The zero-order valence-electron chi connectivity index (χ0n) is 14.2. The van der Waals surface area contributed by atoms with E-state index < -0.39 is 0 Å². The van der Waals surface area contributed by atoms with Crippen LogP contribution in [0.1, 0.15) is 39.4 Å². The van der Waals surface area contributed by atoms with Gasteiger partial charge in [-0.2, -0.15) is 0 Å². The third-order valence-electron chi connectivity index (χ3n) is 4.29. The Bertz CT molecular complexity index is 820. The van der Waals surface area contributed by atoms with Crippen molar-refractivity contribution in [3.8, 4) is 0 Å². The van der Waals surface area contributed by atoms with Gasteiger partial charge < -0.3 is 10.2 Å². The average Bonchev–Trinajstić information content (AvgIpc) is 3.17. The quantitative estimate of drug-likeness (QED) is 0.846. The molecule has 2 amide bonds. The van der Waals surface area contributed by atoms with Crippen molar-refractivity contribution in [1.29, 1.82) is 0 Å². The summed E-state index contributed by atoms with van der Waals surface area (Å²) >= 11 is 12.0. The van der Waals surface area contributed by atoms with E-state index in [-0.39, 0.29) is 17.5 Å². The van der Waals surface area contributed by atoms with Gasteiger partial charge in [0.05, 0.1) is 0 Å². The second-order valence-electron chi connectivity index (χ2n) is 6.15. The van der Waals surface area contributed by atoms with E-state index in [1.807, 2.05) is 6.07 Å². The number of aromatic nitrogens is 1. The van der Waals surface area contributed by atoms with Crippen LogP contribution in [0.2, 0.25) is 10.0 Å². The summed E-state index contributed by atoms with van der Waals surface area (Å²) in [5.41, 5.74) is 1.44. The van der Waals surface area contributed by atoms with Crippen LogP contribution in [0.5, 0.6) is 0 Å². The number of rotatable bonds is 5. The lowest BCUT2D eigenvalue weighted by Gasteiger charge is -2.14. The fourth-order valence-electron chi connectivity index (χ4n) is 2.89. The van der Waals surface area contributed by atoms with Crippen LogP contribution in [0.4, 0.5) is 0 Å². The maximum atomic E-state index is 12.4. The molecule has 0 saturated carbocycles.